The summed E-state index contributed by atoms with van der Waals surface area (Å²) in [6.45, 7) is 8.91. The van der Waals surface area contributed by atoms with Crippen LogP contribution in [0, 0.1) is 0 Å². The number of nitrogens with zero attached hydrogens (tertiary/aromatic N) is 1. The topological polar surface area (TPSA) is 58.6 Å². The lowest BCUT2D eigenvalue weighted by Crippen LogP contribution is -2.65. The second-order valence-electron chi connectivity index (χ2n) is 5.03. The molecule has 1 N–H and O–H groups in total. The molecule has 5 nitrogen and oxygen atoms in total. The minimum atomic E-state index is -0.371. The van der Waals surface area contributed by atoms with Crippen molar-refractivity contribution in [3.8, 4) is 0 Å². The van der Waals surface area contributed by atoms with Gasteiger partial charge < -0.3 is 15.0 Å². The van der Waals surface area contributed by atoms with Crippen LogP contribution in [-0.4, -0.2) is 48.1 Å². The van der Waals surface area contributed by atoms with Crippen LogP contribution in [0.2, 0.25) is 0 Å². The standard InChI is InChI=1S/C14H26N2O3/c1-5-8-11-14(18)16(10(4)9-19-7-3)12(6-2)13(17)15-11/h10-12H,5-9H2,1-4H3,(H,15,17). The zero-order chi connectivity index (χ0) is 14.4. The number of hydrogen-bond donors (Lipinski definition) is 1. The molecule has 1 heterocycles. The van der Waals surface area contributed by atoms with Gasteiger partial charge in [0.05, 0.1) is 12.6 Å². The number of nitrogens with one attached hydrogen (secondary N) is 1. The molecule has 0 aromatic heterocycles. The lowest BCUT2D eigenvalue weighted by molar-refractivity contribution is -0.153. The Kier molecular flexibility index (Phi) is 6.28. The molecular weight excluding hydrogens is 244 g/mol. The molecule has 0 aromatic rings. The minimum absolute atomic E-state index is 0.0282. The zero-order valence-corrected chi connectivity index (χ0v) is 12.4. The number of hydrogen-bond acceptors (Lipinski definition) is 3. The van der Waals surface area contributed by atoms with Gasteiger partial charge in [-0.05, 0) is 26.7 Å². The van der Waals surface area contributed by atoms with E-state index in [1.807, 2.05) is 27.7 Å². The van der Waals surface area contributed by atoms with Crippen molar-refractivity contribution in [2.75, 3.05) is 13.2 Å². The first kappa shape index (κ1) is 16.0. The summed E-state index contributed by atoms with van der Waals surface area (Å²) >= 11 is 0. The zero-order valence-electron chi connectivity index (χ0n) is 12.4. The lowest BCUT2D eigenvalue weighted by Gasteiger charge is -2.42. The molecule has 3 unspecified atom stereocenters. The summed E-state index contributed by atoms with van der Waals surface area (Å²) in [5.74, 6) is -0.00981. The van der Waals surface area contributed by atoms with E-state index in [1.165, 1.54) is 0 Å². The van der Waals surface area contributed by atoms with Gasteiger partial charge in [-0.25, -0.2) is 0 Å². The van der Waals surface area contributed by atoms with Crippen molar-refractivity contribution in [3.05, 3.63) is 0 Å². The van der Waals surface area contributed by atoms with E-state index in [-0.39, 0.29) is 29.9 Å². The van der Waals surface area contributed by atoms with Crippen molar-refractivity contribution in [1.29, 1.82) is 0 Å². The van der Waals surface area contributed by atoms with Gasteiger partial charge in [0.2, 0.25) is 11.8 Å². The summed E-state index contributed by atoms with van der Waals surface area (Å²) in [4.78, 5) is 26.3. The average molecular weight is 270 g/mol. The van der Waals surface area contributed by atoms with E-state index in [1.54, 1.807) is 4.90 Å². The van der Waals surface area contributed by atoms with Crippen LogP contribution >= 0.6 is 0 Å². The Labute approximate surface area is 115 Å². The molecule has 1 aliphatic heterocycles. The van der Waals surface area contributed by atoms with Crippen LogP contribution in [0.4, 0.5) is 0 Å². The molecule has 1 rings (SSSR count). The van der Waals surface area contributed by atoms with Crippen LogP contribution in [0.3, 0.4) is 0 Å². The number of piperazine rings is 1. The fourth-order valence-corrected chi connectivity index (χ4v) is 2.55. The SMILES string of the molecule is CCCC1NC(=O)C(CC)N(C(C)COCC)C1=O. The maximum absolute atomic E-state index is 12.5. The minimum Gasteiger partial charge on any atom is -0.380 e. The third-order valence-electron chi connectivity index (χ3n) is 3.51. The highest BCUT2D eigenvalue weighted by Crippen LogP contribution is 2.19. The monoisotopic (exact) mass is 270 g/mol. The van der Waals surface area contributed by atoms with Crippen LogP contribution in [-0.2, 0) is 14.3 Å². The van der Waals surface area contributed by atoms with Gasteiger partial charge in [-0.2, -0.15) is 0 Å². The predicted molar refractivity (Wildman–Crippen MR) is 73.7 cm³/mol. The highest BCUT2D eigenvalue weighted by molar-refractivity contribution is 5.97. The van der Waals surface area contributed by atoms with Gasteiger partial charge in [-0.15, -0.1) is 0 Å². The van der Waals surface area contributed by atoms with E-state index in [0.717, 1.165) is 6.42 Å². The molecule has 1 aliphatic rings. The van der Waals surface area contributed by atoms with Gasteiger partial charge in [0.15, 0.2) is 0 Å². The molecule has 1 saturated heterocycles. The molecule has 1 fully saturated rings. The van der Waals surface area contributed by atoms with Crippen LogP contribution in [0.1, 0.15) is 47.0 Å². The molecule has 0 aromatic carbocycles. The van der Waals surface area contributed by atoms with Crippen molar-refractivity contribution >= 4 is 11.8 Å². The van der Waals surface area contributed by atoms with E-state index in [4.69, 9.17) is 4.74 Å². The summed E-state index contributed by atoms with van der Waals surface area (Å²) in [5.41, 5.74) is 0. The molecule has 19 heavy (non-hydrogen) atoms. The van der Waals surface area contributed by atoms with Gasteiger partial charge >= 0.3 is 0 Å². The molecule has 5 heteroatoms. The summed E-state index contributed by atoms with van der Waals surface area (Å²) in [7, 11) is 0. The Bertz CT molecular complexity index is 320. The Balaban J connectivity index is 2.85. The van der Waals surface area contributed by atoms with Crippen LogP contribution in [0.5, 0.6) is 0 Å². The van der Waals surface area contributed by atoms with Crippen LogP contribution in [0.25, 0.3) is 0 Å². The third kappa shape index (κ3) is 3.69. The van der Waals surface area contributed by atoms with Gasteiger partial charge in [-0.1, -0.05) is 20.3 Å². The van der Waals surface area contributed by atoms with Crippen molar-refractivity contribution in [1.82, 2.24) is 10.2 Å². The quantitative estimate of drug-likeness (QED) is 0.759. The summed E-state index contributed by atoms with van der Waals surface area (Å²) in [6, 6.07) is -0.803. The van der Waals surface area contributed by atoms with Crippen molar-refractivity contribution in [2.45, 2.75) is 65.1 Å². The summed E-state index contributed by atoms with van der Waals surface area (Å²) < 4.78 is 5.39. The van der Waals surface area contributed by atoms with E-state index >= 15 is 0 Å². The molecule has 2 amide bonds. The third-order valence-corrected chi connectivity index (χ3v) is 3.51. The highest BCUT2D eigenvalue weighted by Gasteiger charge is 2.41. The molecular formula is C14H26N2O3. The molecule has 0 radical (unpaired) electrons. The predicted octanol–water partition coefficient (Wildman–Crippen LogP) is 1.32. The van der Waals surface area contributed by atoms with E-state index in [2.05, 4.69) is 5.32 Å². The Morgan fingerprint density at radius 3 is 2.53 bits per heavy atom. The highest BCUT2D eigenvalue weighted by atomic mass is 16.5. The molecule has 110 valence electrons. The number of carbonyl (C=O) groups excluding carboxylic acids is 2. The first-order valence-electron chi connectivity index (χ1n) is 7.27. The van der Waals surface area contributed by atoms with Gasteiger partial charge in [-0.3, -0.25) is 9.59 Å². The van der Waals surface area contributed by atoms with Crippen molar-refractivity contribution in [3.63, 3.8) is 0 Å². The molecule has 0 aliphatic carbocycles. The smallest absolute Gasteiger partial charge is 0.246 e. The first-order valence-corrected chi connectivity index (χ1v) is 7.27. The van der Waals surface area contributed by atoms with Crippen LogP contribution in [0.15, 0.2) is 0 Å². The Morgan fingerprint density at radius 1 is 1.32 bits per heavy atom. The Hall–Kier alpha value is -1.10. The largest absolute Gasteiger partial charge is 0.380 e. The van der Waals surface area contributed by atoms with Gasteiger partial charge in [0.25, 0.3) is 0 Å². The van der Waals surface area contributed by atoms with Gasteiger partial charge in [0, 0.05) is 6.61 Å². The molecule has 0 spiro atoms. The fraction of sp³-hybridized carbons (Fsp3) is 0.857. The number of rotatable bonds is 7. The van der Waals surface area contributed by atoms with Crippen molar-refractivity contribution in [2.24, 2.45) is 0 Å². The number of carbonyl (C=O) groups is 2. The molecule has 0 saturated carbocycles. The normalized spacial score (nSPS) is 25.4. The summed E-state index contributed by atoms with van der Waals surface area (Å²) in [5, 5.41) is 2.84. The Morgan fingerprint density at radius 2 is 2.00 bits per heavy atom. The maximum atomic E-state index is 12.5. The molecule has 0 bridgehead atoms. The second-order valence-corrected chi connectivity index (χ2v) is 5.03. The van der Waals surface area contributed by atoms with Crippen molar-refractivity contribution < 1.29 is 14.3 Å². The maximum Gasteiger partial charge on any atom is 0.246 e. The second kappa shape index (κ2) is 7.48. The van der Waals surface area contributed by atoms with E-state index < -0.39 is 0 Å². The average Bonchev–Trinajstić information content (AvgIpc) is 2.39. The van der Waals surface area contributed by atoms with E-state index in [9.17, 15) is 9.59 Å². The summed E-state index contributed by atoms with van der Waals surface area (Å²) in [6.07, 6.45) is 2.20. The number of ether oxygens (including phenoxy) is 1. The first-order chi connectivity index (χ1) is 9.06. The van der Waals surface area contributed by atoms with Gasteiger partial charge in [0.1, 0.15) is 12.1 Å². The number of amides is 2. The van der Waals surface area contributed by atoms with Crippen LogP contribution < -0.4 is 5.32 Å². The fourth-order valence-electron chi connectivity index (χ4n) is 2.55. The van der Waals surface area contributed by atoms with E-state index in [0.29, 0.717) is 26.1 Å². The molecule has 3 atom stereocenters. The lowest BCUT2D eigenvalue weighted by atomic mass is 10.00.